The van der Waals surface area contributed by atoms with Gasteiger partial charge in [-0.2, -0.15) is 0 Å². The Labute approximate surface area is 216 Å². The largest absolute Gasteiger partial charge is 0.508 e. The van der Waals surface area contributed by atoms with Gasteiger partial charge in [0.1, 0.15) is 11.8 Å². The molecule has 1 aliphatic rings. The number of phenolic OH excluding ortho intramolecular Hbond substituents is 1. The number of aromatic amines is 1. The summed E-state index contributed by atoms with van der Waals surface area (Å²) >= 11 is 0. The topological polar surface area (TPSA) is 103 Å². The van der Waals surface area contributed by atoms with E-state index in [9.17, 15) is 9.90 Å². The van der Waals surface area contributed by atoms with Crippen molar-refractivity contribution in [2.45, 2.75) is 52.6 Å². The van der Waals surface area contributed by atoms with Gasteiger partial charge in [0, 0.05) is 37.4 Å². The van der Waals surface area contributed by atoms with Crippen molar-refractivity contribution in [3.63, 3.8) is 0 Å². The normalized spacial score (nSPS) is 15.9. The summed E-state index contributed by atoms with van der Waals surface area (Å²) in [6.45, 7) is 13.5. The van der Waals surface area contributed by atoms with Crippen LogP contribution in [-0.4, -0.2) is 61.4 Å². The molecule has 0 amide bonds. The molecular formula is C28H35N7O2. The number of nitrogens with zero attached hydrogens (tertiary/aromatic N) is 6. The van der Waals surface area contributed by atoms with Crippen molar-refractivity contribution < 1.29 is 5.11 Å². The fraction of sp³-hybridized carbons (Fsp3) is 0.429. The Morgan fingerprint density at radius 2 is 1.76 bits per heavy atom. The lowest BCUT2D eigenvalue weighted by atomic mass is 9.98. The second-order valence-corrected chi connectivity index (χ2v) is 10.7. The molecule has 0 radical (unpaired) electrons. The Balaban J connectivity index is 1.58. The van der Waals surface area contributed by atoms with E-state index in [-0.39, 0.29) is 16.8 Å². The minimum absolute atomic E-state index is 0.116. The number of aromatic hydroxyl groups is 1. The van der Waals surface area contributed by atoms with Crippen LogP contribution in [0.15, 0.2) is 47.3 Å². The standard InChI is InChI=1S/C28H35N7O2/c1-6-28(4,5)35-26(30-31-32-35)25(23-17-20-16-18(2)15-19(3)24(20)29-27(23)37)34-13-11-33(12-14-34)21-7-9-22(36)10-8-21/h7-10,15-17,25,36H,6,11-14H2,1-5H3,(H,29,37)/t25-/m0/s1. The molecule has 1 saturated heterocycles. The smallest absolute Gasteiger partial charge is 0.253 e. The van der Waals surface area contributed by atoms with Crippen LogP contribution in [0.3, 0.4) is 0 Å². The third-order valence-corrected chi connectivity index (χ3v) is 7.69. The highest BCUT2D eigenvalue weighted by atomic mass is 16.3. The molecule has 194 valence electrons. The predicted molar refractivity (Wildman–Crippen MR) is 145 cm³/mol. The monoisotopic (exact) mass is 501 g/mol. The summed E-state index contributed by atoms with van der Waals surface area (Å²) in [7, 11) is 0. The van der Waals surface area contributed by atoms with E-state index in [1.807, 2.05) is 29.8 Å². The molecule has 0 aliphatic carbocycles. The van der Waals surface area contributed by atoms with Gasteiger partial charge < -0.3 is 15.0 Å². The lowest BCUT2D eigenvalue weighted by Crippen LogP contribution is -2.49. The van der Waals surface area contributed by atoms with Crippen LogP contribution < -0.4 is 10.5 Å². The van der Waals surface area contributed by atoms with Gasteiger partial charge in [-0.25, -0.2) is 4.68 Å². The van der Waals surface area contributed by atoms with Crippen LogP contribution in [0.4, 0.5) is 5.69 Å². The van der Waals surface area contributed by atoms with Gasteiger partial charge in [-0.05, 0) is 91.9 Å². The fourth-order valence-electron chi connectivity index (χ4n) is 5.25. The van der Waals surface area contributed by atoms with Crippen molar-refractivity contribution in [2.24, 2.45) is 0 Å². The van der Waals surface area contributed by atoms with E-state index in [4.69, 9.17) is 0 Å². The summed E-state index contributed by atoms with van der Waals surface area (Å²) in [6, 6.07) is 13.1. The number of benzene rings is 2. The van der Waals surface area contributed by atoms with Crippen molar-refractivity contribution in [3.05, 3.63) is 75.3 Å². The molecule has 0 saturated carbocycles. The second-order valence-electron chi connectivity index (χ2n) is 10.7. The minimum atomic E-state index is -0.392. The first-order chi connectivity index (χ1) is 17.7. The Hall–Kier alpha value is -3.72. The predicted octanol–water partition coefficient (Wildman–Crippen LogP) is 3.89. The molecule has 0 bridgehead atoms. The van der Waals surface area contributed by atoms with Crippen molar-refractivity contribution in [2.75, 3.05) is 31.1 Å². The maximum Gasteiger partial charge on any atom is 0.253 e. The van der Waals surface area contributed by atoms with Crippen LogP contribution in [0.5, 0.6) is 5.75 Å². The molecule has 9 heteroatoms. The van der Waals surface area contributed by atoms with Crippen molar-refractivity contribution in [3.8, 4) is 5.75 Å². The quantitative estimate of drug-likeness (QED) is 0.413. The molecule has 1 aliphatic heterocycles. The number of fused-ring (bicyclic) bond motifs is 1. The zero-order valence-electron chi connectivity index (χ0n) is 22.2. The number of piperazine rings is 1. The van der Waals surface area contributed by atoms with Crippen LogP contribution in [0, 0.1) is 13.8 Å². The first-order valence-electron chi connectivity index (χ1n) is 12.9. The highest BCUT2D eigenvalue weighted by molar-refractivity contribution is 5.83. The SMILES string of the molecule is CCC(C)(C)n1nnnc1[C@H](c1cc2cc(C)cc(C)c2[nH]c1=O)N1CCN(c2ccc(O)cc2)CC1. The molecule has 1 atom stereocenters. The maximum absolute atomic E-state index is 13.6. The first kappa shape index (κ1) is 25.0. The van der Waals surface area contributed by atoms with Crippen molar-refractivity contribution in [1.82, 2.24) is 30.1 Å². The lowest BCUT2D eigenvalue weighted by Gasteiger charge is -2.40. The molecule has 3 heterocycles. The van der Waals surface area contributed by atoms with Gasteiger partial charge in [-0.15, -0.1) is 5.10 Å². The van der Waals surface area contributed by atoms with Crippen LogP contribution in [0.2, 0.25) is 0 Å². The summed E-state index contributed by atoms with van der Waals surface area (Å²) in [5.41, 5.74) is 4.37. The molecule has 9 nitrogen and oxygen atoms in total. The van der Waals surface area contributed by atoms with Gasteiger partial charge in [0.25, 0.3) is 5.56 Å². The number of phenols is 1. The molecule has 2 aromatic carbocycles. The summed E-state index contributed by atoms with van der Waals surface area (Å²) in [5.74, 6) is 0.938. The van der Waals surface area contributed by atoms with Crippen LogP contribution in [0.25, 0.3) is 10.9 Å². The van der Waals surface area contributed by atoms with E-state index in [1.165, 1.54) is 0 Å². The molecule has 0 spiro atoms. The summed E-state index contributed by atoms with van der Waals surface area (Å²) in [4.78, 5) is 21.4. The number of pyridine rings is 1. The van der Waals surface area contributed by atoms with E-state index in [0.717, 1.165) is 60.3 Å². The third-order valence-electron chi connectivity index (χ3n) is 7.69. The van der Waals surface area contributed by atoms with E-state index in [1.54, 1.807) is 12.1 Å². The summed E-state index contributed by atoms with van der Waals surface area (Å²) < 4.78 is 1.88. The Kier molecular flexibility index (Phi) is 6.49. The minimum Gasteiger partial charge on any atom is -0.508 e. The van der Waals surface area contributed by atoms with Crippen molar-refractivity contribution >= 4 is 16.6 Å². The highest BCUT2D eigenvalue weighted by Crippen LogP contribution is 2.32. The lowest BCUT2D eigenvalue weighted by molar-refractivity contribution is 0.186. The molecule has 2 aromatic heterocycles. The van der Waals surface area contributed by atoms with Gasteiger partial charge in [-0.1, -0.05) is 18.6 Å². The van der Waals surface area contributed by atoms with Crippen LogP contribution in [-0.2, 0) is 5.54 Å². The molecule has 0 unspecified atom stereocenters. The Morgan fingerprint density at radius 3 is 2.43 bits per heavy atom. The van der Waals surface area contributed by atoms with E-state index in [0.29, 0.717) is 11.4 Å². The van der Waals surface area contributed by atoms with Gasteiger partial charge in [0.15, 0.2) is 5.82 Å². The van der Waals surface area contributed by atoms with Gasteiger partial charge in [-0.3, -0.25) is 9.69 Å². The second kappa shape index (κ2) is 9.63. The van der Waals surface area contributed by atoms with Crippen LogP contribution in [0.1, 0.15) is 55.7 Å². The molecule has 2 N–H and O–H groups in total. The van der Waals surface area contributed by atoms with E-state index < -0.39 is 6.04 Å². The molecule has 37 heavy (non-hydrogen) atoms. The van der Waals surface area contributed by atoms with Gasteiger partial charge in [0.05, 0.1) is 11.1 Å². The number of hydrogen-bond acceptors (Lipinski definition) is 7. The Morgan fingerprint density at radius 1 is 1.05 bits per heavy atom. The highest BCUT2D eigenvalue weighted by Gasteiger charge is 2.35. The van der Waals surface area contributed by atoms with Crippen molar-refractivity contribution in [1.29, 1.82) is 0 Å². The first-order valence-corrected chi connectivity index (χ1v) is 12.9. The van der Waals surface area contributed by atoms with E-state index >= 15 is 0 Å². The zero-order chi connectivity index (χ0) is 26.3. The number of aromatic nitrogens is 5. The average Bonchev–Trinajstić information content (AvgIpc) is 3.36. The van der Waals surface area contributed by atoms with E-state index in [2.05, 4.69) is 70.1 Å². The van der Waals surface area contributed by atoms with Crippen LogP contribution >= 0.6 is 0 Å². The fourth-order valence-corrected chi connectivity index (χ4v) is 5.25. The number of nitrogens with one attached hydrogen (secondary N) is 1. The maximum atomic E-state index is 13.6. The summed E-state index contributed by atoms with van der Waals surface area (Å²) in [5, 5.41) is 23.6. The van der Waals surface area contributed by atoms with Gasteiger partial charge >= 0.3 is 0 Å². The van der Waals surface area contributed by atoms with Gasteiger partial charge in [0.2, 0.25) is 0 Å². The number of tetrazole rings is 1. The number of H-pyrrole nitrogens is 1. The Bertz CT molecular complexity index is 1460. The number of anilines is 1. The number of hydrogen-bond donors (Lipinski definition) is 2. The third kappa shape index (κ3) is 4.71. The summed E-state index contributed by atoms with van der Waals surface area (Å²) in [6.07, 6.45) is 0.846. The number of aryl methyl sites for hydroxylation is 2. The average molecular weight is 502 g/mol. The number of rotatable bonds is 6. The molecular weight excluding hydrogens is 466 g/mol. The zero-order valence-corrected chi connectivity index (χ0v) is 22.2. The molecule has 5 rings (SSSR count). The molecule has 4 aromatic rings. The molecule has 1 fully saturated rings.